The first-order chi connectivity index (χ1) is 9.95. The van der Waals surface area contributed by atoms with Crippen molar-refractivity contribution in [3.05, 3.63) is 59.2 Å². The molecule has 0 aliphatic rings. The Hall–Kier alpha value is -2.82. The highest BCUT2D eigenvalue weighted by atomic mass is 16.4. The second-order valence-electron chi connectivity index (χ2n) is 4.78. The molecule has 2 amide bonds. The zero-order valence-corrected chi connectivity index (χ0v) is 11.8. The second-order valence-corrected chi connectivity index (χ2v) is 4.78. The van der Waals surface area contributed by atoms with Crippen molar-refractivity contribution in [2.24, 2.45) is 0 Å². The fourth-order valence-corrected chi connectivity index (χ4v) is 2.00. The third-order valence-electron chi connectivity index (χ3n) is 2.99. The average molecular weight is 284 g/mol. The molecule has 0 unspecified atom stereocenters. The molecule has 0 bridgehead atoms. The van der Waals surface area contributed by atoms with Crippen molar-refractivity contribution < 1.29 is 14.7 Å². The monoisotopic (exact) mass is 284 g/mol. The summed E-state index contributed by atoms with van der Waals surface area (Å²) in [5, 5.41) is 14.4. The van der Waals surface area contributed by atoms with Crippen LogP contribution in [0.2, 0.25) is 0 Å². The third-order valence-corrected chi connectivity index (χ3v) is 2.99. The lowest BCUT2D eigenvalue weighted by Gasteiger charge is -2.09. The van der Waals surface area contributed by atoms with E-state index in [1.165, 1.54) is 6.07 Å². The first-order valence-corrected chi connectivity index (χ1v) is 6.44. The van der Waals surface area contributed by atoms with Crippen LogP contribution in [0.25, 0.3) is 0 Å². The smallest absolute Gasteiger partial charge is 0.335 e. The molecule has 2 aromatic carbocycles. The standard InChI is InChI=1S/C16H16N2O3/c1-10-4-3-5-12(8-10)17-16(21)18-13-6-7-14(15(19)20)11(2)9-13/h3-9H,1-2H3,(H,19,20)(H2,17,18,21). The Bertz CT molecular complexity index is 696. The number of benzene rings is 2. The van der Waals surface area contributed by atoms with E-state index in [1.54, 1.807) is 25.1 Å². The molecule has 0 atom stereocenters. The number of urea groups is 1. The molecular formula is C16H16N2O3. The number of hydrogen-bond acceptors (Lipinski definition) is 2. The van der Waals surface area contributed by atoms with E-state index in [0.29, 0.717) is 16.9 Å². The van der Waals surface area contributed by atoms with Gasteiger partial charge in [-0.1, -0.05) is 12.1 Å². The Morgan fingerprint density at radius 1 is 0.952 bits per heavy atom. The zero-order valence-electron chi connectivity index (χ0n) is 11.8. The quantitative estimate of drug-likeness (QED) is 0.805. The summed E-state index contributed by atoms with van der Waals surface area (Å²) in [6.45, 7) is 3.63. The molecule has 0 radical (unpaired) electrons. The molecule has 0 aliphatic carbocycles. The molecular weight excluding hydrogens is 268 g/mol. The summed E-state index contributed by atoms with van der Waals surface area (Å²) in [5.74, 6) is -0.983. The number of carbonyl (C=O) groups excluding carboxylic acids is 1. The lowest BCUT2D eigenvalue weighted by Crippen LogP contribution is -2.19. The minimum atomic E-state index is -0.983. The van der Waals surface area contributed by atoms with Crippen molar-refractivity contribution in [2.45, 2.75) is 13.8 Å². The third kappa shape index (κ3) is 3.82. The molecule has 5 nitrogen and oxygen atoms in total. The largest absolute Gasteiger partial charge is 0.478 e. The molecule has 2 aromatic rings. The van der Waals surface area contributed by atoms with E-state index in [1.807, 2.05) is 25.1 Å². The Morgan fingerprint density at radius 3 is 2.19 bits per heavy atom. The number of carbonyl (C=O) groups is 2. The molecule has 2 rings (SSSR count). The summed E-state index contributed by atoms with van der Waals surface area (Å²) in [5.41, 5.74) is 3.11. The van der Waals surface area contributed by atoms with Gasteiger partial charge >= 0.3 is 12.0 Å². The number of nitrogens with one attached hydrogen (secondary N) is 2. The van der Waals surface area contributed by atoms with E-state index in [9.17, 15) is 9.59 Å². The van der Waals surface area contributed by atoms with Gasteiger partial charge in [-0.25, -0.2) is 9.59 Å². The zero-order chi connectivity index (χ0) is 15.4. The van der Waals surface area contributed by atoms with Crippen molar-refractivity contribution in [1.82, 2.24) is 0 Å². The van der Waals surface area contributed by atoms with Gasteiger partial charge < -0.3 is 15.7 Å². The lowest BCUT2D eigenvalue weighted by molar-refractivity contribution is 0.0696. The highest BCUT2D eigenvalue weighted by molar-refractivity contribution is 6.00. The van der Waals surface area contributed by atoms with Gasteiger partial charge in [-0.05, 0) is 55.3 Å². The minimum absolute atomic E-state index is 0.222. The fourth-order valence-electron chi connectivity index (χ4n) is 2.00. The number of aryl methyl sites for hydroxylation is 2. The predicted molar refractivity (Wildman–Crippen MR) is 82.0 cm³/mol. The number of rotatable bonds is 3. The van der Waals surface area contributed by atoms with Crippen LogP contribution in [0.3, 0.4) is 0 Å². The highest BCUT2D eigenvalue weighted by Crippen LogP contribution is 2.16. The molecule has 0 saturated carbocycles. The van der Waals surface area contributed by atoms with Crippen LogP contribution in [0.5, 0.6) is 0 Å². The summed E-state index contributed by atoms with van der Waals surface area (Å²) >= 11 is 0. The maximum atomic E-state index is 11.9. The van der Waals surface area contributed by atoms with Crippen LogP contribution in [-0.2, 0) is 0 Å². The Morgan fingerprint density at radius 2 is 1.62 bits per heavy atom. The molecule has 0 fully saturated rings. The molecule has 0 aromatic heterocycles. The second kappa shape index (κ2) is 6.09. The van der Waals surface area contributed by atoms with E-state index >= 15 is 0 Å². The average Bonchev–Trinajstić information content (AvgIpc) is 2.38. The van der Waals surface area contributed by atoms with Gasteiger partial charge in [-0.2, -0.15) is 0 Å². The number of hydrogen-bond donors (Lipinski definition) is 3. The van der Waals surface area contributed by atoms with Gasteiger partial charge in [0.15, 0.2) is 0 Å². The molecule has 3 N–H and O–H groups in total. The van der Waals surface area contributed by atoms with E-state index in [0.717, 1.165) is 5.56 Å². The van der Waals surface area contributed by atoms with Crippen LogP contribution in [0.15, 0.2) is 42.5 Å². The van der Waals surface area contributed by atoms with Crippen molar-refractivity contribution in [3.8, 4) is 0 Å². The minimum Gasteiger partial charge on any atom is -0.478 e. The van der Waals surface area contributed by atoms with Gasteiger partial charge in [0.2, 0.25) is 0 Å². The van der Waals surface area contributed by atoms with Crippen LogP contribution >= 0.6 is 0 Å². The Kier molecular flexibility index (Phi) is 4.23. The van der Waals surface area contributed by atoms with Crippen LogP contribution in [0, 0.1) is 13.8 Å². The van der Waals surface area contributed by atoms with Crippen molar-refractivity contribution in [3.63, 3.8) is 0 Å². The molecule has 0 spiro atoms. The topological polar surface area (TPSA) is 78.4 Å². The number of carboxylic acids is 1. The van der Waals surface area contributed by atoms with Crippen LogP contribution in [0.4, 0.5) is 16.2 Å². The molecule has 108 valence electrons. The van der Waals surface area contributed by atoms with E-state index in [-0.39, 0.29) is 11.6 Å². The maximum Gasteiger partial charge on any atom is 0.335 e. The first-order valence-electron chi connectivity index (χ1n) is 6.44. The maximum absolute atomic E-state index is 11.9. The summed E-state index contributed by atoms with van der Waals surface area (Å²) in [7, 11) is 0. The van der Waals surface area contributed by atoms with E-state index < -0.39 is 5.97 Å². The van der Waals surface area contributed by atoms with E-state index in [2.05, 4.69) is 10.6 Å². The molecule has 0 aliphatic heterocycles. The van der Waals surface area contributed by atoms with E-state index in [4.69, 9.17) is 5.11 Å². The molecule has 5 heteroatoms. The Balaban J connectivity index is 2.06. The van der Waals surface area contributed by atoms with Gasteiger partial charge in [-0.15, -0.1) is 0 Å². The van der Waals surface area contributed by atoms with Crippen molar-refractivity contribution in [2.75, 3.05) is 10.6 Å². The summed E-state index contributed by atoms with van der Waals surface area (Å²) in [4.78, 5) is 22.8. The van der Waals surface area contributed by atoms with Crippen LogP contribution in [-0.4, -0.2) is 17.1 Å². The fraction of sp³-hybridized carbons (Fsp3) is 0.125. The van der Waals surface area contributed by atoms with Gasteiger partial charge in [0.25, 0.3) is 0 Å². The SMILES string of the molecule is Cc1cccc(NC(=O)Nc2ccc(C(=O)O)c(C)c2)c1. The number of aromatic carboxylic acids is 1. The first kappa shape index (κ1) is 14.6. The lowest BCUT2D eigenvalue weighted by atomic mass is 10.1. The number of amides is 2. The molecule has 0 heterocycles. The van der Waals surface area contributed by atoms with Gasteiger partial charge in [0, 0.05) is 11.4 Å². The molecule has 0 saturated heterocycles. The van der Waals surface area contributed by atoms with Crippen LogP contribution in [0.1, 0.15) is 21.5 Å². The molecule has 21 heavy (non-hydrogen) atoms. The van der Waals surface area contributed by atoms with Gasteiger partial charge in [0.1, 0.15) is 0 Å². The normalized spacial score (nSPS) is 10.0. The summed E-state index contributed by atoms with van der Waals surface area (Å²) in [6.07, 6.45) is 0. The van der Waals surface area contributed by atoms with Crippen molar-refractivity contribution >= 4 is 23.4 Å². The number of carboxylic acid groups (broad SMARTS) is 1. The summed E-state index contributed by atoms with van der Waals surface area (Å²) in [6, 6.07) is 11.7. The summed E-state index contributed by atoms with van der Waals surface area (Å²) < 4.78 is 0. The highest BCUT2D eigenvalue weighted by Gasteiger charge is 2.08. The number of anilines is 2. The predicted octanol–water partition coefficient (Wildman–Crippen LogP) is 3.65. The van der Waals surface area contributed by atoms with Gasteiger partial charge in [0.05, 0.1) is 5.56 Å². The van der Waals surface area contributed by atoms with Gasteiger partial charge in [-0.3, -0.25) is 0 Å². The Labute approximate surface area is 122 Å². The van der Waals surface area contributed by atoms with Crippen LogP contribution < -0.4 is 10.6 Å². The van der Waals surface area contributed by atoms with Crippen molar-refractivity contribution in [1.29, 1.82) is 0 Å².